The molecular weight excluding hydrogens is 312 g/mol. The Kier molecular flexibility index (Phi) is 4.02. The van der Waals surface area contributed by atoms with Gasteiger partial charge in [-0.3, -0.25) is 9.78 Å². The van der Waals surface area contributed by atoms with E-state index in [-0.39, 0.29) is 11.7 Å². The number of aldehydes is 1. The van der Waals surface area contributed by atoms with Crippen molar-refractivity contribution in [2.24, 2.45) is 5.92 Å². The first-order chi connectivity index (χ1) is 12.3. The summed E-state index contributed by atoms with van der Waals surface area (Å²) in [7, 11) is 0. The predicted molar refractivity (Wildman–Crippen MR) is 95.5 cm³/mol. The molecule has 2 heterocycles. The number of H-pyrrole nitrogens is 1. The summed E-state index contributed by atoms with van der Waals surface area (Å²) in [6.45, 7) is 0. The lowest BCUT2D eigenvalue weighted by Gasteiger charge is -2.17. The van der Waals surface area contributed by atoms with Crippen LogP contribution < -0.4 is 0 Å². The molecular formula is C21H18N2O2. The van der Waals surface area contributed by atoms with E-state index in [1.807, 2.05) is 30.3 Å². The van der Waals surface area contributed by atoms with E-state index in [9.17, 15) is 9.59 Å². The van der Waals surface area contributed by atoms with Gasteiger partial charge in [0.25, 0.3) is 0 Å². The van der Waals surface area contributed by atoms with E-state index in [1.165, 1.54) is 0 Å². The van der Waals surface area contributed by atoms with Crippen molar-refractivity contribution in [2.45, 2.75) is 19.3 Å². The molecule has 1 unspecified atom stereocenters. The molecule has 4 nitrogen and oxygen atoms in total. The molecule has 1 aliphatic carbocycles. The molecule has 124 valence electrons. The molecule has 4 heteroatoms. The van der Waals surface area contributed by atoms with Crippen molar-refractivity contribution < 1.29 is 9.59 Å². The highest BCUT2D eigenvalue weighted by atomic mass is 16.1. The van der Waals surface area contributed by atoms with Crippen LogP contribution in [0.1, 0.15) is 33.6 Å². The van der Waals surface area contributed by atoms with Crippen molar-refractivity contribution in [1.82, 2.24) is 9.97 Å². The first kappa shape index (κ1) is 15.5. The van der Waals surface area contributed by atoms with Crippen LogP contribution in [0.4, 0.5) is 0 Å². The Morgan fingerprint density at radius 3 is 2.56 bits per heavy atom. The molecule has 0 radical (unpaired) electrons. The summed E-state index contributed by atoms with van der Waals surface area (Å²) in [5.41, 5.74) is 5.79. The molecule has 2 aromatic heterocycles. The second-order valence-corrected chi connectivity index (χ2v) is 6.46. The number of hydrogen-bond acceptors (Lipinski definition) is 3. The third kappa shape index (κ3) is 2.91. The van der Waals surface area contributed by atoms with Crippen molar-refractivity contribution in [2.75, 3.05) is 0 Å². The summed E-state index contributed by atoms with van der Waals surface area (Å²) in [5.74, 6) is -0.172. The van der Waals surface area contributed by atoms with E-state index in [0.29, 0.717) is 19.3 Å². The maximum Gasteiger partial charge on any atom is 0.165 e. The largest absolute Gasteiger partial charge is 0.358 e. The van der Waals surface area contributed by atoms with Crippen LogP contribution in [0.5, 0.6) is 0 Å². The number of fused-ring (bicyclic) bond motifs is 1. The fraction of sp³-hybridized carbons (Fsp3) is 0.190. The highest BCUT2D eigenvalue weighted by Gasteiger charge is 2.31. The first-order valence-corrected chi connectivity index (χ1v) is 8.42. The number of benzene rings is 1. The molecule has 0 spiro atoms. The fourth-order valence-electron chi connectivity index (χ4n) is 3.60. The number of rotatable bonds is 4. The normalized spacial score (nSPS) is 16.5. The zero-order valence-corrected chi connectivity index (χ0v) is 13.7. The van der Waals surface area contributed by atoms with E-state index in [1.54, 1.807) is 12.4 Å². The number of aromatic nitrogens is 2. The van der Waals surface area contributed by atoms with Crippen LogP contribution in [-0.2, 0) is 17.6 Å². The highest BCUT2D eigenvalue weighted by molar-refractivity contribution is 6.03. The minimum atomic E-state index is -0.228. The smallest absolute Gasteiger partial charge is 0.165 e. The number of pyridine rings is 1. The van der Waals surface area contributed by atoms with Crippen LogP contribution in [0.3, 0.4) is 0 Å². The molecule has 25 heavy (non-hydrogen) atoms. The Bertz CT molecular complexity index is 914. The van der Waals surface area contributed by atoms with Gasteiger partial charge in [0.1, 0.15) is 6.29 Å². The standard InChI is InChI=1S/C21H18N2O2/c24-13-15-11-18-20(19(25)12-15)17(10-14-4-2-1-3-5-14)21(23-18)16-6-8-22-9-7-16/h1-9,13,15,23H,10-12H2. The molecule has 3 aromatic rings. The van der Waals surface area contributed by atoms with E-state index in [0.717, 1.165) is 39.9 Å². The topological polar surface area (TPSA) is 62.8 Å². The maximum atomic E-state index is 12.7. The molecule has 0 saturated carbocycles. The zero-order valence-electron chi connectivity index (χ0n) is 13.7. The van der Waals surface area contributed by atoms with Gasteiger partial charge in [-0.05, 0) is 29.7 Å². The number of Topliss-reactive ketones (excluding diaryl/α,β-unsaturated/α-hetero) is 1. The molecule has 0 aliphatic heterocycles. The van der Waals surface area contributed by atoms with Crippen molar-refractivity contribution in [3.63, 3.8) is 0 Å². The Hall–Kier alpha value is -3.01. The second-order valence-electron chi connectivity index (χ2n) is 6.46. The summed E-state index contributed by atoms with van der Waals surface area (Å²) in [5, 5.41) is 0. The molecule has 1 N–H and O–H groups in total. The maximum absolute atomic E-state index is 12.7. The third-order valence-electron chi connectivity index (χ3n) is 4.76. The van der Waals surface area contributed by atoms with Gasteiger partial charge in [-0.1, -0.05) is 30.3 Å². The summed E-state index contributed by atoms with van der Waals surface area (Å²) >= 11 is 0. The van der Waals surface area contributed by atoms with Crippen LogP contribution >= 0.6 is 0 Å². The van der Waals surface area contributed by atoms with E-state index in [2.05, 4.69) is 22.1 Å². The van der Waals surface area contributed by atoms with Crippen molar-refractivity contribution >= 4 is 12.1 Å². The number of aromatic amines is 1. The van der Waals surface area contributed by atoms with Crippen molar-refractivity contribution in [1.29, 1.82) is 0 Å². The molecule has 1 atom stereocenters. The number of nitrogens with zero attached hydrogens (tertiary/aromatic N) is 1. The lowest BCUT2D eigenvalue weighted by Crippen LogP contribution is -2.21. The van der Waals surface area contributed by atoms with Crippen LogP contribution in [0.25, 0.3) is 11.3 Å². The SMILES string of the molecule is O=CC1CC(=O)c2c([nH]c(-c3ccncc3)c2Cc2ccccc2)C1. The summed E-state index contributed by atoms with van der Waals surface area (Å²) in [6, 6.07) is 14.0. The van der Waals surface area contributed by atoms with Gasteiger partial charge in [-0.2, -0.15) is 0 Å². The van der Waals surface area contributed by atoms with Gasteiger partial charge in [-0.25, -0.2) is 0 Å². The van der Waals surface area contributed by atoms with Crippen molar-refractivity contribution in [3.05, 3.63) is 77.2 Å². The third-order valence-corrected chi connectivity index (χ3v) is 4.76. The Morgan fingerprint density at radius 1 is 1.08 bits per heavy atom. The fourth-order valence-corrected chi connectivity index (χ4v) is 3.60. The minimum Gasteiger partial charge on any atom is -0.358 e. The van der Waals surface area contributed by atoms with Gasteiger partial charge in [0.05, 0.1) is 5.69 Å². The number of hydrogen-bond donors (Lipinski definition) is 1. The van der Waals surface area contributed by atoms with Crippen LogP contribution in [0.15, 0.2) is 54.9 Å². The summed E-state index contributed by atoms with van der Waals surface area (Å²) < 4.78 is 0. The van der Waals surface area contributed by atoms with Crippen LogP contribution in [0.2, 0.25) is 0 Å². The lowest BCUT2D eigenvalue weighted by molar-refractivity contribution is -0.111. The second kappa shape index (κ2) is 6.48. The van der Waals surface area contributed by atoms with Gasteiger partial charge >= 0.3 is 0 Å². The number of ketones is 1. The molecule has 1 aromatic carbocycles. The van der Waals surface area contributed by atoms with Crippen LogP contribution in [0, 0.1) is 5.92 Å². The van der Waals surface area contributed by atoms with E-state index < -0.39 is 0 Å². The van der Waals surface area contributed by atoms with Gasteiger partial charge in [0, 0.05) is 48.0 Å². The molecule has 0 saturated heterocycles. The predicted octanol–water partition coefficient (Wildman–Crippen LogP) is 3.61. The van der Waals surface area contributed by atoms with Gasteiger partial charge in [-0.15, -0.1) is 0 Å². The van der Waals surface area contributed by atoms with Gasteiger partial charge in [0.2, 0.25) is 0 Å². The summed E-state index contributed by atoms with van der Waals surface area (Å²) in [4.78, 5) is 31.4. The molecule has 0 bridgehead atoms. The molecule has 0 fully saturated rings. The van der Waals surface area contributed by atoms with Gasteiger partial charge < -0.3 is 9.78 Å². The lowest BCUT2D eigenvalue weighted by atomic mass is 9.84. The number of nitrogens with one attached hydrogen (secondary N) is 1. The Labute approximate surface area is 145 Å². The average Bonchev–Trinajstić information content (AvgIpc) is 3.02. The van der Waals surface area contributed by atoms with E-state index >= 15 is 0 Å². The average molecular weight is 330 g/mol. The van der Waals surface area contributed by atoms with Crippen LogP contribution in [-0.4, -0.2) is 22.0 Å². The monoisotopic (exact) mass is 330 g/mol. The zero-order chi connectivity index (χ0) is 17.2. The quantitative estimate of drug-likeness (QED) is 0.743. The molecule has 4 rings (SSSR count). The Balaban J connectivity index is 1.86. The highest BCUT2D eigenvalue weighted by Crippen LogP contribution is 2.35. The molecule has 1 aliphatic rings. The number of carbonyl (C=O) groups excluding carboxylic acids is 2. The summed E-state index contributed by atoms with van der Waals surface area (Å²) in [6.07, 6.45) is 5.96. The molecule has 0 amide bonds. The van der Waals surface area contributed by atoms with E-state index in [4.69, 9.17) is 0 Å². The van der Waals surface area contributed by atoms with Gasteiger partial charge in [0.15, 0.2) is 5.78 Å². The van der Waals surface area contributed by atoms with Crippen molar-refractivity contribution in [3.8, 4) is 11.3 Å². The first-order valence-electron chi connectivity index (χ1n) is 8.42. The minimum absolute atomic E-state index is 0.0563. The number of carbonyl (C=O) groups is 2. The Morgan fingerprint density at radius 2 is 1.84 bits per heavy atom.